The van der Waals surface area contributed by atoms with Gasteiger partial charge in [0.05, 0.1) is 37.3 Å². The minimum Gasteiger partial charge on any atom is -0.490 e. The van der Waals surface area contributed by atoms with Gasteiger partial charge in [0, 0.05) is 42.9 Å². The molecular weight excluding hydrogens is 472 g/mol. The van der Waals surface area contributed by atoms with Crippen molar-refractivity contribution in [2.45, 2.75) is 32.0 Å². The molecule has 5 heterocycles. The van der Waals surface area contributed by atoms with Gasteiger partial charge in [-0.25, -0.2) is 15.0 Å². The molecule has 1 saturated heterocycles. The third-order valence-corrected chi connectivity index (χ3v) is 6.02. The lowest BCUT2D eigenvalue weighted by Crippen LogP contribution is -2.27. The first kappa shape index (κ1) is 24.3. The maximum atomic E-state index is 10.1. The number of pyridine rings is 3. The number of nitriles is 1. The van der Waals surface area contributed by atoms with E-state index in [-0.39, 0.29) is 12.7 Å². The number of hydrogen-bond acceptors (Lipinski definition) is 9. The van der Waals surface area contributed by atoms with Crippen LogP contribution in [-0.2, 0) is 0 Å². The molecule has 0 unspecified atom stereocenters. The third kappa shape index (κ3) is 5.42. The Morgan fingerprint density at radius 3 is 2.62 bits per heavy atom. The van der Waals surface area contributed by atoms with Gasteiger partial charge in [-0.15, -0.1) is 0 Å². The molecule has 10 heteroatoms. The second kappa shape index (κ2) is 9.95. The van der Waals surface area contributed by atoms with Crippen LogP contribution in [0.1, 0.15) is 26.0 Å². The van der Waals surface area contributed by atoms with Crippen LogP contribution in [0, 0.1) is 11.3 Å². The van der Waals surface area contributed by atoms with Gasteiger partial charge in [0.15, 0.2) is 0 Å². The summed E-state index contributed by atoms with van der Waals surface area (Å²) < 4.78 is 18.8. The van der Waals surface area contributed by atoms with Gasteiger partial charge < -0.3 is 24.2 Å². The molecule has 1 fully saturated rings. The average molecular weight is 501 g/mol. The second-order valence-corrected chi connectivity index (χ2v) is 9.54. The minimum atomic E-state index is -0.982. The van der Waals surface area contributed by atoms with E-state index in [0.29, 0.717) is 35.3 Å². The maximum Gasteiger partial charge on any atom is 0.213 e. The molecule has 1 atom stereocenters. The number of ether oxygens (including phenoxy) is 3. The Bertz CT molecular complexity index is 1420. The van der Waals surface area contributed by atoms with Crippen LogP contribution >= 0.6 is 0 Å². The monoisotopic (exact) mass is 500 g/mol. The molecule has 37 heavy (non-hydrogen) atoms. The van der Waals surface area contributed by atoms with Crippen molar-refractivity contribution in [2.24, 2.45) is 0 Å². The molecule has 0 bridgehead atoms. The van der Waals surface area contributed by atoms with Gasteiger partial charge >= 0.3 is 0 Å². The first-order valence-corrected chi connectivity index (χ1v) is 12.0. The van der Waals surface area contributed by atoms with E-state index < -0.39 is 5.60 Å². The van der Waals surface area contributed by atoms with Gasteiger partial charge in [-0.3, -0.25) is 4.40 Å². The molecule has 5 rings (SSSR count). The number of methoxy groups -OCH3 is 1. The molecule has 4 aromatic heterocycles. The Kier molecular flexibility index (Phi) is 6.54. The molecule has 0 saturated carbocycles. The summed E-state index contributed by atoms with van der Waals surface area (Å²) in [6.07, 6.45) is 5.89. The van der Waals surface area contributed by atoms with E-state index in [2.05, 4.69) is 20.9 Å². The number of anilines is 1. The van der Waals surface area contributed by atoms with Gasteiger partial charge in [-0.2, -0.15) is 5.26 Å². The number of rotatable bonds is 8. The molecule has 1 N–H and O–H groups in total. The first-order valence-electron chi connectivity index (χ1n) is 12.0. The van der Waals surface area contributed by atoms with Crippen molar-refractivity contribution in [3.8, 4) is 34.7 Å². The molecule has 10 nitrogen and oxygen atoms in total. The third-order valence-electron chi connectivity index (χ3n) is 6.02. The summed E-state index contributed by atoms with van der Waals surface area (Å²) in [5.74, 6) is 2.66. The molecule has 0 amide bonds. The van der Waals surface area contributed by atoms with E-state index in [0.717, 1.165) is 30.0 Å². The molecule has 4 aromatic rings. The Morgan fingerprint density at radius 2 is 1.95 bits per heavy atom. The van der Waals surface area contributed by atoms with Crippen LogP contribution in [0.5, 0.6) is 17.4 Å². The summed E-state index contributed by atoms with van der Waals surface area (Å²) in [7, 11) is 1.58. The molecule has 0 radical (unpaired) electrons. The average Bonchev–Trinajstić information content (AvgIpc) is 3.54. The molecule has 0 spiro atoms. The van der Waals surface area contributed by atoms with Crippen molar-refractivity contribution < 1.29 is 19.3 Å². The van der Waals surface area contributed by atoms with Crippen molar-refractivity contribution in [2.75, 3.05) is 31.7 Å². The highest BCUT2D eigenvalue weighted by Crippen LogP contribution is 2.30. The van der Waals surface area contributed by atoms with Crippen LogP contribution in [-0.4, -0.2) is 63.0 Å². The van der Waals surface area contributed by atoms with Crippen LogP contribution in [0.25, 0.3) is 16.9 Å². The number of aromatic nitrogens is 4. The zero-order valence-electron chi connectivity index (χ0n) is 21.0. The quantitative estimate of drug-likeness (QED) is 0.388. The Balaban J connectivity index is 1.35. The molecular formula is C27H28N6O4. The van der Waals surface area contributed by atoms with Crippen LogP contribution in [0.4, 0.5) is 5.82 Å². The predicted octanol–water partition coefficient (Wildman–Crippen LogP) is 3.48. The Labute approximate surface area is 214 Å². The predicted molar refractivity (Wildman–Crippen MR) is 137 cm³/mol. The lowest BCUT2D eigenvalue weighted by Gasteiger charge is -2.19. The highest BCUT2D eigenvalue weighted by Gasteiger charge is 2.25. The standard InChI is InChI=1S/C27H28N6O4/c1-27(2,34)17-36-22-10-23(33-19(12-28)14-30-25(33)11-22)18-4-6-24(29-13-18)32-9-8-21(16-32)37-20-5-7-26(35-3)31-15-20/h4-7,10-11,13-15,21,34H,8-9,16-17H2,1-3H3/t21-/m0/s1. The smallest absolute Gasteiger partial charge is 0.213 e. The van der Waals surface area contributed by atoms with Crippen molar-refractivity contribution in [1.82, 2.24) is 19.4 Å². The SMILES string of the molecule is COc1ccc(O[C@H]2CCN(c3ccc(-c4cc(OCC(C)(C)O)cc5ncc(C#N)n45)cn3)C2)cn1. The highest BCUT2D eigenvalue weighted by atomic mass is 16.5. The van der Waals surface area contributed by atoms with Crippen LogP contribution in [0.15, 0.2) is 55.0 Å². The summed E-state index contributed by atoms with van der Waals surface area (Å²) in [6.45, 7) is 5.02. The van der Waals surface area contributed by atoms with Gasteiger partial charge in [0.2, 0.25) is 5.88 Å². The summed E-state index contributed by atoms with van der Waals surface area (Å²) >= 11 is 0. The minimum absolute atomic E-state index is 0.0324. The largest absolute Gasteiger partial charge is 0.490 e. The fourth-order valence-corrected chi connectivity index (χ4v) is 4.23. The molecule has 1 aliphatic rings. The van der Waals surface area contributed by atoms with Crippen molar-refractivity contribution in [1.29, 1.82) is 5.26 Å². The van der Waals surface area contributed by atoms with E-state index in [1.807, 2.05) is 24.3 Å². The number of hydrogen-bond donors (Lipinski definition) is 1. The van der Waals surface area contributed by atoms with Gasteiger partial charge in [0.1, 0.15) is 47.4 Å². The van der Waals surface area contributed by atoms with Gasteiger partial charge in [-0.05, 0) is 32.0 Å². The van der Waals surface area contributed by atoms with Gasteiger partial charge in [0.25, 0.3) is 0 Å². The Morgan fingerprint density at radius 1 is 1.08 bits per heavy atom. The highest BCUT2D eigenvalue weighted by molar-refractivity contribution is 5.68. The number of aliphatic hydroxyl groups is 1. The fraction of sp³-hybridized carbons (Fsp3) is 0.333. The number of fused-ring (bicyclic) bond motifs is 1. The zero-order valence-corrected chi connectivity index (χ0v) is 21.0. The van der Waals surface area contributed by atoms with Crippen molar-refractivity contribution in [3.63, 3.8) is 0 Å². The molecule has 190 valence electrons. The lowest BCUT2D eigenvalue weighted by atomic mass is 10.1. The Hall–Kier alpha value is -4.36. The fourth-order valence-electron chi connectivity index (χ4n) is 4.23. The molecule has 0 aliphatic carbocycles. The van der Waals surface area contributed by atoms with Gasteiger partial charge in [-0.1, -0.05) is 0 Å². The second-order valence-electron chi connectivity index (χ2n) is 9.54. The van der Waals surface area contributed by atoms with Crippen LogP contribution in [0.2, 0.25) is 0 Å². The first-order chi connectivity index (χ1) is 17.8. The lowest BCUT2D eigenvalue weighted by molar-refractivity contribution is 0.0285. The summed E-state index contributed by atoms with van der Waals surface area (Å²) in [5.41, 5.74) is 1.55. The van der Waals surface area contributed by atoms with Crippen LogP contribution < -0.4 is 19.1 Å². The van der Waals surface area contributed by atoms with Crippen molar-refractivity contribution >= 4 is 11.5 Å². The van der Waals surface area contributed by atoms with Crippen molar-refractivity contribution in [3.05, 3.63) is 60.7 Å². The zero-order chi connectivity index (χ0) is 26.0. The number of imidazole rings is 1. The molecule has 1 aliphatic heterocycles. The maximum absolute atomic E-state index is 10.1. The van der Waals surface area contributed by atoms with E-state index in [1.54, 1.807) is 49.9 Å². The van der Waals surface area contributed by atoms with E-state index in [4.69, 9.17) is 19.2 Å². The summed E-state index contributed by atoms with van der Waals surface area (Å²) in [6, 6.07) is 13.3. The van der Waals surface area contributed by atoms with E-state index in [9.17, 15) is 10.4 Å². The summed E-state index contributed by atoms with van der Waals surface area (Å²) in [4.78, 5) is 15.4. The molecule has 0 aromatic carbocycles. The van der Waals surface area contributed by atoms with E-state index >= 15 is 0 Å². The number of nitrogens with zero attached hydrogens (tertiary/aromatic N) is 6. The summed E-state index contributed by atoms with van der Waals surface area (Å²) in [5, 5.41) is 19.7. The normalized spacial score (nSPS) is 15.5. The van der Waals surface area contributed by atoms with E-state index in [1.165, 1.54) is 6.20 Å². The van der Waals surface area contributed by atoms with Crippen LogP contribution in [0.3, 0.4) is 0 Å². The topological polar surface area (TPSA) is 118 Å².